The van der Waals surface area contributed by atoms with Crippen molar-refractivity contribution in [2.45, 2.75) is 6.42 Å². The monoisotopic (exact) mass is 460 g/mol. The summed E-state index contributed by atoms with van der Waals surface area (Å²) in [4.78, 5) is 47.0. The van der Waals surface area contributed by atoms with E-state index in [-0.39, 0.29) is 27.5 Å². The third-order valence-corrected chi connectivity index (χ3v) is 4.67. The molecule has 32 heavy (non-hydrogen) atoms. The van der Waals surface area contributed by atoms with Crippen LogP contribution in [-0.2, 0) is 4.74 Å². The molecule has 0 unspecified atom stereocenters. The molecule has 0 radical (unpaired) electrons. The van der Waals surface area contributed by atoms with Gasteiger partial charge in [0.1, 0.15) is 21.9 Å². The maximum absolute atomic E-state index is 12.4. The minimum atomic E-state index is -0.862. The average Bonchev–Trinajstić information content (AvgIpc) is 2.76. The van der Waals surface area contributed by atoms with Crippen LogP contribution in [0.15, 0.2) is 51.7 Å². The van der Waals surface area contributed by atoms with E-state index in [1.807, 2.05) is 0 Å². The van der Waals surface area contributed by atoms with Crippen molar-refractivity contribution in [3.8, 4) is 5.75 Å². The van der Waals surface area contributed by atoms with Crippen molar-refractivity contribution in [2.75, 3.05) is 20.3 Å². The predicted molar refractivity (Wildman–Crippen MR) is 114 cm³/mol. The van der Waals surface area contributed by atoms with Gasteiger partial charge in [-0.15, -0.1) is 0 Å². The molecular weight excluding hydrogens is 444 g/mol. The Morgan fingerprint density at radius 3 is 2.69 bits per heavy atom. The highest BCUT2D eigenvalue weighted by molar-refractivity contribution is 6.32. The zero-order chi connectivity index (χ0) is 23.3. The maximum Gasteiger partial charge on any atom is 0.349 e. The van der Waals surface area contributed by atoms with Crippen LogP contribution in [0, 0.1) is 10.1 Å². The number of hydrogen-bond donors (Lipinski definition) is 1. The molecule has 3 aromatic rings. The standard InChI is InChI=1S/C21H17ClN2O8/c1-30-8-2-7-23-19(25)15-9-12-3-5-14(11-18(12)32-21(15)27)31-20(26)13-4-6-16(22)17(10-13)24(28)29/h3-6,9-11H,2,7-8H2,1H3,(H,23,25). The molecule has 2 aromatic carbocycles. The Labute approximate surface area is 185 Å². The number of benzene rings is 2. The number of halogens is 1. The van der Waals surface area contributed by atoms with Gasteiger partial charge in [-0.1, -0.05) is 11.6 Å². The zero-order valence-corrected chi connectivity index (χ0v) is 17.5. The van der Waals surface area contributed by atoms with E-state index in [9.17, 15) is 24.5 Å². The fraction of sp³-hybridized carbons (Fsp3) is 0.190. The van der Waals surface area contributed by atoms with E-state index in [2.05, 4.69) is 5.32 Å². The van der Waals surface area contributed by atoms with Gasteiger partial charge in [-0.3, -0.25) is 14.9 Å². The van der Waals surface area contributed by atoms with E-state index >= 15 is 0 Å². The summed E-state index contributed by atoms with van der Waals surface area (Å²) < 4.78 is 15.3. The first kappa shape index (κ1) is 22.9. The fourth-order valence-electron chi connectivity index (χ4n) is 2.77. The third kappa shape index (κ3) is 5.29. The van der Waals surface area contributed by atoms with E-state index < -0.39 is 28.1 Å². The summed E-state index contributed by atoms with van der Waals surface area (Å²) in [5.74, 6) is -1.39. The second-order valence-electron chi connectivity index (χ2n) is 6.56. The number of nitrogens with one attached hydrogen (secondary N) is 1. The number of nitro benzene ring substituents is 1. The number of carbonyl (C=O) groups excluding carboxylic acids is 2. The normalized spacial score (nSPS) is 10.7. The lowest BCUT2D eigenvalue weighted by atomic mass is 10.1. The van der Waals surface area contributed by atoms with Crippen LogP contribution in [0.3, 0.4) is 0 Å². The van der Waals surface area contributed by atoms with Crippen LogP contribution in [0.5, 0.6) is 5.75 Å². The molecule has 0 fully saturated rings. The number of hydrogen-bond acceptors (Lipinski definition) is 8. The van der Waals surface area contributed by atoms with Crippen LogP contribution < -0.4 is 15.7 Å². The molecule has 1 aromatic heterocycles. The van der Waals surface area contributed by atoms with Crippen molar-refractivity contribution in [1.29, 1.82) is 0 Å². The van der Waals surface area contributed by atoms with E-state index in [0.717, 1.165) is 6.07 Å². The van der Waals surface area contributed by atoms with Crippen molar-refractivity contribution < 1.29 is 28.4 Å². The molecule has 0 atom stereocenters. The van der Waals surface area contributed by atoms with Gasteiger partial charge in [0.2, 0.25) is 0 Å². The van der Waals surface area contributed by atoms with Crippen LogP contribution >= 0.6 is 11.6 Å². The molecule has 166 valence electrons. The van der Waals surface area contributed by atoms with E-state index in [4.69, 9.17) is 25.5 Å². The summed E-state index contributed by atoms with van der Waals surface area (Å²) in [5.41, 5.74) is -1.42. The van der Waals surface area contributed by atoms with Gasteiger partial charge >= 0.3 is 11.6 Å². The van der Waals surface area contributed by atoms with E-state index in [1.165, 1.54) is 36.4 Å². The average molecular weight is 461 g/mol. The first-order chi connectivity index (χ1) is 15.3. The summed E-state index contributed by atoms with van der Waals surface area (Å²) in [6.45, 7) is 0.805. The Hall–Kier alpha value is -3.76. The van der Waals surface area contributed by atoms with Gasteiger partial charge in [-0.05, 0) is 36.8 Å². The number of ether oxygens (including phenoxy) is 2. The highest BCUT2D eigenvalue weighted by Gasteiger charge is 2.18. The number of rotatable bonds is 8. The molecule has 1 heterocycles. The van der Waals surface area contributed by atoms with Gasteiger partial charge in [0.15, 0.2) is 0 Å². The highest BCUT2D eigenvalue weighted by Crippen LogP contribution is 2.26. The summed E-state index contributed by atoms with van der Waals surface area (Å²) >= 11 is 5.74. The van der Waals surface area contributed by atoms with Gasteiger partial charge in [0.05, 0.1) is 10.5 Å². The molecule has 0 saturated carbocycles. The number of nitro groups is 1. The number of fused-ring (bicyclic) bond motifs is 1. The summed E-state index contributed by atoms with van der Waals surface area (Å²) in [5, 5.41) is 13.9. The first-order valence-electron chi connectivity index (χ1n) is 9.31. The molecule has 0 saturated heterocycles. The highest BCUT2D eigenvalue weighted by atomic mass is 35.5. The van der Waals surface area contributed by atoms with E-state index in [0.29, 0.717) is 25.0 Å². The quantitative estimate of drug-likeness (QED) is 0.135. The number of esters is 1. The molecule has 0 aliphatic heterocycles. The Kier molecular flexibility index (Phi) is 7.18. The molecule has 10 nitrogen and oxygen atoms in total. The lowest BCUT2D eigenvalue weighted by Gasteiger charge is -2.07. The topological polar surface area (TPSA) is 138 Å². The lowest BCUT2D eigenvalue weighted by Crippen LogP contribution is -2.29. The summed E-state index contributed by atoms with van der Waals surface area (Å²) in [7, 11) is 1.55. The Morgan fingerprint density at radius 1 is 1.19 bits per heavy atom. The fourth-order valence-corrected chi connectivity index (χ4v) is 2.96. The van der Waals surface area contributed by atoms with Crippen molar-refractivity contribution in [2.24, 2.45) is 0 Å². The molecule has 1 N–H and O–H groups in total. The smallest absolute Gasteiger partial charge is 0.349 e. The second kappa shape index (κ2) is 10.0. The van der Waals surface area contributed by atoms with Crippen LogP contribution in [0.1, 0.15) is 27.1 Å². The first-order valence-corrected chi connectivity index (χ1v) is 9.69. The minimum Gasteiger partial charge on any atom is -0.423 e. The molecule has 0 bridgehead atoms. The Bertz CT molecular complexity index is 1250. The number of amides is 1. The SMILES string of the molecule is COCCCNC(=O)c1cc2ccc(OC(=O)c3ccc(Cl)c([N+](=O)[O-])c3)cc2oc1=O. The van der Waals surface area contributed by atoms with E-state index in [1.54, 1.807) is 7.11 Å². The van der Waals surface area contributed by atoms with Gasteiger partial charge in [-0.2, -0.15) is 0 Å². The third-order valence-electron chi connectivity index (χ3n) is 4.35. The zero-order valence-electron chi connectivity index (χ0n) is 16.8. The van der Waals surface area contributed by atoms with Crippen LogP contribution in [0.2, 0.25) is 5.02 Å². The second-order valence-corrected chi connectivity index (χ2v) is 6.97. The van der Waals surface area contributed by atoms with Crippen LogP contribution in [0.4, 0.5) is 5.69 Å². The molecular formula is C21H17ClN2O8. The molecule has 0 aliphatic carbocycles. The largest absolute Gasteiger partial charge is 0.423 e. The molecule has 0 aliphatic rings. The Morgan fingerprint density at radius 2 is 1.97 bits per heavy atom. The minimum absolute atomic E-state index is 0.0417. The maximum atomic E-state index is 12.4. The van der Waals surface area contributed by atoms with Gasteiger partial charge in [-0.25, -0.2) is 9.59 Å². The Balaban J connectivity index is 1.79. The van der Waals surface area contributed by atoms with Crippen molar-refractivity contribution >= 4 is 40.1 Å². The number of carbonyl (C=O) groups is 2. The predicted octanol–water partition coefficient (Wildman–Crippen LogP) is 3.34. The lowest BCUT2D eigenvalue weighted by molar-refractivity contribution is -0.384. The molecule has 11 heteroatoms. The molecule has 3 rings (SSSR count). The van der Waals surface area contributed by atoms with Crippen molar-refractivity contribution in [3.05, 3.63) is 79.1 Å². The van der Waals surface area contributed by atoms with Crippen LogP contribution in [-0.4, -0.2) is 37.1 Å². The van der Waals surface area contributed by atoms with Crippen molar-refractivity contribution in [3.63, 3.8) is 0 Å². The van der Waals surface area contributed by atoms with Gasteiger partial charge in [0.25, 0.3) is 11.6 Å². The molecule has 0 spiro atoms. The van der Waals surface area contributed by atoms with Crippen molar-refractivity contribution in [1.82, 2.24) is 5.32 Å². The summed E-state index contributed by atoms with van der Waals surface area (Å²) in [6.07, 6.45) is 0.590. The van der Waals surface area contributed by atoms with Crippen LogP contribution in [0.25, 0.3) is 11.0 Å². The van der Waals surface area contributed by atoms with Gasteiger partial charge < -0.3 is 19.2 Å². The number of nitrogens with zero attached hydrogens (tertiary/aromatic N) is 1. The number of methoxy groups -OCH3 is 1. The van der Waals surface area contributed by atoms with Gasteiger partial charge in [0, 0.05) is 37.8 Å². The molecule has 1 amide bonds. The summed E-state index contributed by atoms with van der Waals surface area (Å²) in [6, 6.07) is 9.13.